The largest absolute Gasteiger partial charge is 0.369 e. The molecule has 0 aromatic heterocycles. The summed E-state index contributed by atoms with van der Waals surface area (Å²) in [6, 6.07) is 13.9. The van der Waals surface area contributed by atoms with Crippen LogP contribution in [0.25, 0.3) is 0 Å². The molecule has 3 rings (SSSR count). The lowest BCUT2D eigenvalue weighted by atomic mass is 9.94. The SMILES string of the molecule is C=S1(=O)C[C@@](C)(c2cccc(NC(=O)c3ccc(Cl)cc3)c2)N=C(N)N1C. The summed E-state index contributed by atoms with van der Waals surface area (Å²) in [5.41, 5.74) is 7.06. The third kappa shape index (κ3) is 3.94. The maximum Gasteiger partial charge on any atom is 0.255 e. The number of anilines is 1. The number of hydrogen-bond donors (Lipinski definition) is 2. The Morgan fingerprint density at radius 2 is 2.00 bits per heavy atom. The van der Waals surface area contributed by atoms with Gasteiger partial charge in [0.1, 0.15) is 0 Å². The highest BCUT2D eigenvalue weighted by Gasteiger charge is 2.37. The van der Waals surface area contributed by atoms with Crippen LogP contribution in [0, 0.1) is 0 Å². The molecule has 0 spiro atoms. The molecule has 2 atom stereocenters. The van der Waals surface area contributed by atoms with Crippen LogP contribution in [0.4, 0.5) is 5.69 Å². The first kappa shape index (κ1) is 19.3. The summed E-state index contributed by atoms with van der Waals surface area (Å²) in [6.07, 6.45) is 0. The zero-order chi connectivity index (χ0) is 19.8. The predicted molar refractivity (Wildman–Crippen MR) is 113 cm³/mol. The van der Waals surface area contributed by atoms with Crippen molar-refractivity contribution in [2.24, 2.45) is 10.7 Å². The van der Waals surface area contributed by atoms with Crippen molar-refractivity contribution in [2.75, 3.05) is 18.1 Å². The number of carbonyl (C=O) groups excluding carboxylic acids is 1. The van der Waals surface area contributed by atoms with Gasteiger partial charge in [0.25, 0.3) is 5.91 Å². The summed E-state index contributed by atoms with van der Waals surface area (Å²) in [5.74, 6) is 3.97. The molecule has 1 aliphatic heterocycles. The highest BCUT2D eigenvalue weighted by Crippen LogP contribution is 2.33. The lowest BCUT2D eigenvalue weighted by Crippen LogP contribution is -2.50. The highest BCUT2D eigenvalue weighted by molar-refractivity contribution is 7.98. The molecule has 6 nitrogen and oxygen atoms in total. The van der Waals surface area contributed by atoms with Crippen molar-refractivity contribution in [3.05, 3.63) is 64.7 Å². The molecule has 1 heterocycles. The molecule has 27 heavy (non-hydrogen) atoms. The van der Waals surface area contributed by atoms with Crippen LogP contribution in [0.1, 0.15) is 22.8 Å². The van der Waals surface area contributed by atoms with Crippen molar-refractivity contribution < 1.29 is 9.00 Å². The lowest BCUT2D eigenvalue weighted by molar-refractivity contribution is 0.102. The molecule has 0 bridgehead atoms. The van der Waals surface area contributed by atoms with E-state index in [1.54, 1.807) is 37.4 Å². The number of carbonyl (C=O) groups is 1. The minimum atomic E-state index is -2.57. The Kier molecular flexibility index (Phi) is 4.92. The van der Waals surface area contributed by atoms with Gasteiger partial charge in [-0.3, -0.25) is 9.10 Å². The molecular weight excluding hydrogens is 384 g/mol. The van der Waals surface area contributed by atoms with Crippen molar-refractivity contribution in [1.29, 1.82) is 0 Å². The Bertz CT molecular complexity index is 1020. The number of nitrogens with one attached hydrogen (secondary N) is 1. The Balaban J connectivity index is 1.89. The van der Waals surface area contributed by atoms with Gasteiger partial charge in [0.05, 0.1) is 21.0 Å². The monoisotopic (exact) mass is 404 g/mol. The van der Waals surface area contributed by atoms with Gasteiger partial charge in [0.2, 0.25) is 5.96 Å². The molecule has 0 fully saturated rings. The summed E-state index contributed by atoms with van der Waals surface area (Å²) in [5, 5.41) is 3.42. The number of benzene rings is 2. The van der Waals surface area contributed by atoms with Gasteiger partial charge < -0.3 is 11.1 Å². The van der Waals surface area contributed by atoms with Crippen LogP contribution in [0.5, 0.6) is 0 Å². The van der Waals surface area contributed by atoms with Gasteiger partial charge in [-0.05, 0) is 54.8 Å². The summed E-state index contributed by atoms with van der Waals surface area (Å²) >= 11 is 5.86. The zero-order valence-corrected chi connectivity index (χ0v) is 16.7. The molecule has 2 aromatic carbocycles. The van der Waals surface area contributed by atoms with E-state index in [1.165, 1.54) is 4.31 Å². The standard InChI is InChI=1S/C19H21ClN4O2S/c1-19(12-27(3,26)24(2)18(21)23-19)14-5-4-6-16(11-14)22-17(25)13-7-9-15(20)10-8-13/h4-11H,3,12H2,1-2H3,(H2,21,23)(H,22,25)/t19-,27?/m0/s1. The number of amides is 1. The molecule has 8 heteroatoms. The Morgan fingerprint density at radius 1 is 1.33 bits per heavy atom. The molecule has 0 aliphatic carbocycles. The van der Waals surface area contributed by atoms with Crippen LogP contribution < -0.4 is 11.1 Å². The number of aliphatic imine (C=N–C) groups is 1. The van der Waals surface area contributed by atoms with Crippen LogP contribution in [0.15, 0.2) is 53.5 Å². The number of guanidine groups is 1. The first-order valence-electron chi connectivity index (χ1n) is 8.22. The second kappa shape index (κ2) is 6.90. The van der Waals surface area contributed by atoms with E-state index < -0.39 is 15.2 Å². The third-order valence-corrected chi connectivity index (χ3v) is 6.99. The molecule has 1 amide bonds. The average Bonchev–Trinajstić information content (AvgIpc) is 2.60. The van der Waals surface area contributed by atoms with E-state index in [2.05, 4.69) is 16.2 Å². The van der Waals surface area contributed by atoms with E-state index in [9.17, 15) is 9.00 Å². The van der Waals surface area contributed by atoms with Crippen LogP contribution in [-0.4, -0.2) is 39.1 Å². The molecule has 0 saturated carbocycles. The number of nitrogens with zero attached hydrogens (tertiary/aromatic N) is 2. The second-order valence-corrected chi connectivity index (χ2v) is 9.52. The molecule has 1 aliphatic rings. The predicted octanol–water partition coefficient (Wildman–Crippen LogP) is 2.70. The van der Waals surface area contributed by atoms with E-state index in [0.717, 1.165) is 5.56 Å². The fourth-order valence-corrected chi connectivity index (χ4v) is 4.76. The van der Waals surface area contributed by atoms with Crippen LogP contribution >= 0.6 is 11.6 Å². The summed E-state index contributed by atoms with van der Waals surface area (Å²) in [6.45, 7) is 1.86. The van der Waals surface area contributed by atoms with E-state index in [-0.39, 0.29) is 17.6 Å². The van der Waals surface area contributed by atoms with Gasteiger partial charge in [-0.25, -0.2) is 9.20 Å². The molecule has 3 N–H and O–H groups in total. The van der Waals surface area contributed by atoms with Crippen molar-refractivity contribution in [2.45, 2.75) is 12.5 Å². The van der Waals surface area contributed by atoms with Gasteiger partial charge in [-0.1, -0.05) is 23.7 Å². The topological polar surface area (TPSA) is 87.8 Å². The summed E-state index contributed by atoms with van der Waals surface area (Å²) in [7, 11) is -0.950. The number of halogens is 1. The van der Waals surface area contributed by atoms with Gasteiger partial charge >= 0.3 is 0 Å². The molecule has 2 aromatic rings. The smallest absolute Gasteiger partial charge is 0.255 e. The van der Waals surface area contributed by atoms with E-state index in [4.69, 9.17) is 17.3 Å². The normalized spacial score (nSPS) is 25.0. The molecule has 1 unspecified atom stereocenters. The van der Waals surface area contributed by atoms with E-state index >= 15 is 0 Å². The van der Waals surface area contributed by atoms with Crippen molar-refractivity contribution in [1.82, 2.24) is 4.31 Å². The number of hydrogen-bond acceptors (Lipinski definition) is 4. The van der Waals surface area contributed by atoms with Gasteiger partial charge in [0, 0.05) is 23.3 Å². The van der Waals surface area contributed by atoms with Crippen LogP contribution in [0.3, 0.4) is 0 Å². The summed E-state index contributed by atoms with van der Waals surface area (Å²) < 4.78 is 14.2. The lowest BCUT2D eigenvalue weighted by Gasteiger charge is -2.37. The van der Waals surface area contributed by atoms with Crippen LogP contribution in [-0.2, 0) is 15.2 Å². The average molecular weight is 405 g/mol. The van der Waals surface area contributed by atoms with Gasteiger partial charge in [0.15, 0.2) is 0 Å². The minimum Gasteiger partial charge on any atom is -0.369 e. The fourth-order valence-electron chi connectivity index (χ4n) is 2.95. The van der Waals surface area contributed by atoms with Crippen LogP contribution in [0.2, 0.25) is 5.02 Å². The Labute approximate surface area is 164 Å². The quantitative estimate of drug-likeness (QED) is 0.771. The third-order valence-electron chi connectivity index (χ3n) is 4.54. The molecular formula is C19H21ClN4O2S. The van der Waals surface area contributed by atoms with Gasteiger partial charge in [-0.15, -0.1) is 0 Å². The molecule has 142 valence electrons. The first-order valence-corrected chi connectivity index (χ1v) is 10.5. The van der Waals surface area contributed by atoms with Crippen molar-refractivity contribution in [3.8, 4) is 0 Å². The fraction of sp³-hybridized carbons (Fsp3) is 0.211. The van der Waals surface area contributed by atoms with Gasteiger partial charge in [-0.2, -0.15) is 0 Å². The number of nitrogens with two attached hydrogens (primary N) is 1. The van der Waals surface area contributed by atoms with Crippen molar-refractivity contribution >= 4 is 44.7 Å². The zero-order valence-electron chi connectivity index (χ0n) is 15.1. The summed E-state index contributed by atoms with van der Waals surface area (Å²) in [4.78, 5) is 16.9. The maximum absolute atomic E-state index is 12.8. The number of rotatable bonds is 3. The molecule has 0 saturated heterocycles. The molecule has 0 radical (unpaired) electrons. The Hall–Kier alpha value is -2.51. The highest BCUT2D eigenvalue weighted by atomic mass is 35.5. The second-order valence-electron chi connectivity index (χ2n) is 6.70. The van der Waals surface area contributed by atoms with E-state index in [0.29, 0.717) is 16.3 Å². The van der Waals surface area contributed by atoms with Crippen molar-refractivity contribution in [3.63, 3.8) is 0 Å². The minimum absolute atomic E-state index is 0.180. The van der Waals surface area contributed by atoms with E-state index in [1.807, 2.05) is 25.1 Å². The Morgan fingerprint density at radius 3 is 2.63 bits per heavy atom. The maximum atomic E-state index is 12.8. The first-order chi connectivity index (χ1) is 12.6.